The maximum atomic E-state index is 13.3. The molecule has 0 radical (unpaired) electrons. The molecule has 0 saturated carbocycles. The predicted octanol–water partition coefficient (Wildman–Crippen LogP) is 4.78. The minimum absolute atomic E-state index is 0.0488. The fourth-order valence-electron chi connectivity index (χ4n) is 5.42. The molecule has 5 aromatic rings. The maximum absolute atomic E-state index is 13.3. The van der Waals surface area contributed by atoms with Gasteiger partial charge in [0.15, 0.2) is 11.3 Å². The second-order valence-corrected chi connectivity index (χ2v) is 11.3. The topological polar surface area (TPSA) is 105 Å². The zero-order valence-electron chi connectivity index (χ0n) is 23.0. The van der Waals surface area contributed by atoms with Gasteiger partial charge in [-0.25, -0.2) is 9.50 Å². The number of benzene rings is 2. The first-order valence-corrected chi connectivity index (χ1v) is 14.7. The first-order chi connectivity index (χ1) is 20.0. The van der Waals surface area contributed by atoms with Gasteiger partial charge in [-0.05, 0) is 37.8 Å². The first-order valence-electron chi connectivity index (χ1n) is 13.8. The Kier molecular flexibility index (Phi) is 7.56. The van der Waals surface area contributed by atoms with Gasteiger partial charge in [0.2, 0.25) is 0 Å². The van der Waals surface area contributed by atoms with Gasteiger partial charge in [-0.2, -0.15) is 5.10 Å². The van der Waals surface area contributed by atoms with E-state index >= 15 is 0 Å². The zero-order valence-corrected chi connectivity index (χ0v) is 23.8. The third-order valence-corrected chi connectivity index (χ3v) is 8.69. The Balaban J connectivity index is 1.07. The van der Waals surface area contributed by atoms with Crippen LogP contribution in [0.4, 0.5) is 0 Å². The van der Waals surface area contributed by atoms with Crippen molar-refractivity contribution in [3.05, 3.63) is 111 Å². The molecule has 2 aromatic carbocycles. The highest BCUT2D eigenvalue weighted by Gasteiger charge is 2.29. The Labute approximate surface area is 242 Å². The lowest BCUT2D eigenvalue weighted by Crippen LogP contribution is -2.39. The average Bonchev–Trinajstić information content (AvgIpc) is 3.66. The molecule has 2 amide bonds. The Bertz CT molecular complexity index is 1640. The lowest BCUT2D eigenvalue weighted by Gasteiger charge is -2.31. The number of likely N-dealkylation sites (tertiary alicyclic amines) is 1. The maximum Gasteiger partial charge on any atom is 0.276 e. The minimum atomic E-state index is -0.171. The number of rotatable bonds is 7. The Hall–Kier alpha value is -4.44. The van der Waals surface area contributed by atoms with Crippen LogP contribution in [0.15, 0.2) is 72.1 Å². The second-order valence-electron chi connectivity index (χ2n) is 10.4. The second kappa shape index (κ2) is 11.6. The number of nitrogens with one attached hydrogen (secondary N) is 1. The number of aromatic nitrogens is 5. The summed E-state index contributed by atoms with van der Waals surface area (Å²) in [6.07, 6.45) is 1.56. The molecule has 6 rings (SSSR count). The summed E-state index contributed by atoms with van der Waals surface area (Å²) in [5.74, 6) is -0.0486. The Morgan fingerprint density at radius 3 is 2.29 bits per heavy atom. The SMILES string of the molecule is Cc1cc2nnc(C(=O)N3CCC(c4nc(C(=O)NCC(c5ccccc5)c5ccccc5)cs4)CC3)c(C)n2n1. The summed E-state index contributed by atoms with van der Waals surface area (Å²) >= 11 is 1.51. The third-order valence-electron chi connectivity index (χ3n) is 7.68. The molecule has 0 atom stereocenters. The number of aryl methyl sites for hydroxylation is 2. The lowest BCUT2D eigenvalue weighted by atomic mass is 9.91. The van der Waals surface area contributed by atoms with Crippen LogP contribution in [0.5, 0.6) is 0 Å². The number of hydrogen-bond donors (Lipinski definition) is 1. The van der Waals surface area contributed by atoms with E-state index in [1.54, 1.807) is 4.52 Å². The van der Waals surface area contributed by atoms with Gasteiger partial charge in [0.05, 0.1) is 16.4 Å². The molecule has 10 heteroatoms. The van der Waals surface area contributed by atoms with E-state index in [1.807, 2.05) is 66.6 Å². The number of carbonyl (C=O) groups is 2. The molecule has 4 heterocycles. The van der Waals surface area contributed by atoms with Crippen molar-refractivity contribution >= 4 is 28.8 Å². The van der Waals surface area contributed by atoms with E-state index < -0.39 is 0 Å². The van der Waals surface area contributed by atoms with Gasteiger partial charge < -0.3 is 10.2 Å². The van der Waals surface area contributed by atoms with Crippen LogP contribution in [-0.4, -0.2) is 61.1 Å². The van der Waals surface area contributed by atoms with Crippen molar-refractivity contribution in [3.8, 4) is 0 Å². The van der Waals surface area contributed by atoms with Gasteiger partial charge in [-0.1, -0.05) is 60.7 Å². The third kappa shape index (κ3) is 5.60. The van der Waals surface area contributed by atoms with Crippen molar-refractivity contribution in [2.75, 3.05) is 19.6 Å². The van der Waals surface area contributed by atoms with Crippen molar-refractivity contribution in [1.82, 2.24) is 35.0 Å². The first kappa shape index (κ1) is 26.8. The minimum Gasteiger partial charge on any atom is -0.350 e. The van der Waals surface area contributed by atoms with Crippen molar-refractivity contribution < 1.29 is 9.59 Å². The van der Waals surface area contributed by atoms with Gasteiger partial charge in [-0.15, -0.1) is 21.5 Å². The molecule has 0 unspecified atom stereocenters. The van der Waals surface area contributed by atoms with E-state index in [4.69, 9.17) is 4.98 Å². The van der Waals surface area contributed by atoms with Crippen LogP contribution in [0.1, 0.15) is 73.2 Å². The van der Waals surface area contributed by atoms with E-state index in [0.29, 0.717) is 42.4 Å². The smallest absolute Gasteiger partial charge is 0.276 e. The number of carbonyl (C=O) groups excluding carboxylic acids is 2. The number of fused-ring (bicyclic) bond motifs is 1. The van der Waals surface area contributed by atoms with E-state index in [-0.39, 0.29) is 23.7 Å². The summed E-state index contributed by atoms with van der Waals surface area (Å²) in [5.41, 5.74) is 5.23. The van der Waals surface area contributed by atoms with Crippen molar-refractivity contribution in [2.24, 2.45) is 0 Å². The standard InChI is InChI=1S/C31H31N7O2S/c1-20-17-27-34-35-28(21(2)38(27)36-20)31(40)37-15-13-24(14-16-37)30-33-26(19-41-30)29(39)32-18-25(22-9-5-3-6-10-22)23-11-7-4-8-12-23/h3-12,17,19,24-25H,13-16,18H2,1-2H3,(H,32,39). The summed E-state index contributed by atoms with van der Waals surface area (Å²) < 4.78 is 1.67. The van der Waals surface area contributed by atoms with E-state index in [9.17, 15) is 9.59 Å². The molecule has 9 nitrogen and oxygen atoms in total. The molecule has 0 spiro atoms. The molecule has 41 heavy (non-hydrogen) atoms. The fraction of sp³-hybridized carbons (Fsp3) is 0.290. The Morgan fingerprint density at radius 1 is 0.976 bits per heavy atom. The zero-order chi connectivity index (χ0) is 28.3. The number of piperidine rings is 1. The summed E-state index contributed by atoms with van der Waals surface area (Å²) in [4.78, 5) is 32.9. The molecular formula is C31H31N7O2S. The van der Waals surface area contributed by atoms with E-state index in [2.05, 4.69) is 44.9 Å². The van der Waals surface area contributed by atoms with Gasteiger partial charge >= 0.3 is 0 Å². The normalized spacial score (nSPS) is 14.1. The highest BCUT2D eigenvalue weighted by molar-refractivity contribution is 7.09. The number of thiazole rings is 1. The van der Waals surface area contributed by atoms with Gasteiger partial charge in [0, 0.05) is 42.9 Å². The summed E-state index contributed by atoms with van der Waals surface area (Å²) in [5, 5.41) is 18.7. The van der Waals surface area contributed by atoms with Crippen LogP contribution in [0, 0.1) is 13.8 Å². The monoisotopic (exact) mass is 565 g/mol. The van der Waals surface area contributed by atoms with Gasteiger partial charge in [-0.3, -0.25) is 9.59 Å². The summed E-state index contributed by atoms with van der Waals surface area (Å²) in [6, 6.07) is 22.3. The number of nitrogens with zero attached hydrogens (tertiary/aromatic N) is 6. The van der Waals surface area contributed by atoms with Crippen molar-refractivity contribution in [3.63, 3.8) is 0 Å². The number of hydrogen-bond acceptors (Lipinski definition) is 7. The largest absolute Gasteiger partial charge is 0.350 e. The van der Waals surface area contributed by atoms with E-state index in [1.165, 1.54) is 11.3 Å². The predicted molar refractivity (Wildman–Crippen MR) is 157 cm³/mol. The molecule has 1 saturated heterocycles. The molecule has 1 aliphatic heterocycles. The quantitative estimate of drug-likeness (QED) is 0.305. The van der Waals surface area contributed by atoms with Crippen molar-refractivity contribution in [2.45, 2.75) is 38.5 Å². The highest BCUT2D eigenvalue weighted by Crippen LogP contribution is 2.31. The van der Waals surface area contributed by atoms with Crippen LogP contribution in [0.3, 0.4) is 0 Å². The van der Waals surface area contributed by atoms with Crippen LogP contribution in [0.2, 0.25) is 0 Å². The molecule has 0 bridgehead atoms. The van der Waals surface area contributed by atoms with Crippen LogP contribution >= 0.6 is 11.3 Å². The Morgan fingerprint density at radius 2 is 1.63 bits per heavy atom. The van der Waals surface area contributed by atoms with Crippen LogP contribution in [0.25, 0.3) is 5.65 Å². The summed E-state index contributed by atoms with van der Waals surface area (Å²) in [7, 11) is 0. The molecular weight excluding hydrogens is 534 g/mol. The van der Waals surface area contributed by atoms with Crippen LogP contribution < -0.4 is 5.32 Å². The average molecular weight is 566 g/mol. The van der Waals surface area contributed by atoms with Gasteiger partial charge in [0.1, 0.15) is 5.69 Å². The van der Waals surface area contributed by atoms with E-state index in [0.717, 1.165) is 34.7 Å². The molecule has 1 N–H and O–H groups in total. The summed E-state index contributed by atoms with van der Waals surface area (Å²) in [6.45, 7) is 5.40. The number of amides is 2. The fourth-order valence-corrected chi connectivity index (χ4v) is 6.39. The lowest BCUT2D eigenvalue weighted by molar-refractivity contribution is 0.0704. The van der Waals surface area contributed by atoms with Crippen molar-refractivity contribution in [1.29, 1.82) is 0 Å². The van der Waals surface area contributed by atoms with Gasteiger partial charge in [0.25, 0.3) is 11.8 Å². The van der Waals surface area contributed by atoms with Crippen LogP contribution in [-0.2, 0) is 0 Å². The molecule has 1 fully saturated rings. The highest BCUT2D eigenvalue weighted by atomic mass is 32.1. The molecule has 0 aliphatic carbocycles. The molecule has 208 valence electrons. The molecule has 3 aromatic heterocycles. The molecule has 1 aliphatic rings.